The fraction of sp³-hybridized carbons (Fsp3) is 0.185. The second kappa shape index (κ2) is 30.1. The Hall–Kier alpha value is -8.83. The van der Waals surface area contributed by atoms with Crippen molar-refractivity contribution in [2.75, 3.05) is 72.2 Å². The SMILES string of the molecule is SCc1cc(OCc2cc(OCCCN3c4ccccc4Sc4ccccc43)cc(OCCCN3c4ccccc4Sc4ccccc43)c2)cc(OCc2cc(OCCCN3c4ccccc4Sc4ccccc43)cc(OCCCN3c4ccccc4Sc4ccccc43)c2)c1. The van der Waals surface area contributed by atoms with Crippen molar-refractivity contribution in [2.45, 2.75) is 83.8 Å². The van der Waals surface area contributed by atoms with Crippen LogP contribution in [-0.4, -0.2) is 52.6 Å². The zero-order valence-corrected chi connectivity index (χ0v) is 57.3. The van der Waals surface area contributed by atoms with E-state index in [1.54, 1.807) is 0 Å². The lowest BCUT2D eigenvalue weighted by Crippen LogP contribution is -2.23. The molecule has 10 nitrogen and oxygen atoms in total. The number of fused-ring (bicyclic) bond motifs is 8. The molecule has 482 valence electrons. The van der Waals surface area contributed by atoms with Crippen LogP contribution in [0.15, 0.2) is 288 Å². The number of hydrogen-bond acceptors (Lipinski definition) is 15. The molecule has 4 aliphatic heterocycles. The van der Waals surface area contributed by atoms with Crippen molar-refractivity contribution >= 4 is 105 Å². The van der Waals surface area contributed by atoms with Gasteiger partial charge in [-0.2, -0.15) is 12.6 Å². The molecule has 0 N–H and O–H groups in total. The van der Waals surface area contributed by atoms with Gasteiger partial charge in [-0.1, -0.05) is 144 Å². The minimum Gasteiger partial charge on any atom is -0.493 e. The predicted molar refractivity (Wildman–Crippen MR) is 397 cm³/mol. The normalized spacial score (nSPS) is 13.0. The first-order valence-corrected chi connectivity index (χ1v) is 36.7. The number of benzene rings is 11. The summed E-state index contributed by atoms with van der Waals surface area (Å²) in [6, 6.07) is 87.5. The van der Waals surface area contributed by atoms with Crippen LogP contribution in [0.4, 0.5) is 45.5 Å². The van der Waals surface area contributed by atoms with Crippen LogP contribution in [0.2, 0.25) is 0 Å². The van der Waals surface area contributed by atoms with Crippen molar-refractivity contribution in [1.82, 2.24) is 0 Å². The molecule has 0 unspecified atom stereocenters. The zero-order chi connectivity index (χ0) is 64.4. The van der Waals surface area contributed by atoms with Gasteiger partial charge in [0.2, 0.25) is 0 Å². The Labute approximate surface area is 585 Å². The number of hydrogen-bond donors (Lipinski definition) is 1. The predicted octanol–water partition coefficient (Wildman–Crippen LogP) is 21.6. The Balaban J connectivity index is 0.633. The molecular formula is C81H72N4O6S5. The summed E-state index contributed by atoms with van der Waals surface area (Å²) in [7, 11) is 0. The van der Waals surface area contributed by atoms with Gasteiger partial charge in [-0.05, 0) is 176 Å². The van der Waals surface area contributed by atoms with Crippen LogP contribution >= 0.6 is 59.7 Å². The van der Waals surface area contributed by atoms with Crippen LogP contribution in [0.1, 0.15) is 42.4 Å². The highest BCUT2D eigenvalue weighted by Crippen LogP contribution is 2.52. The number of rotatable bonds is 27. The second-order valence-corrected chi connectivity index (χ2v) is 28.4. The summed E-state index contributed by atoms with van der Waals surface area (Å²) in [5.74, 6) is 4.76. The summed E-state index contributed by atoms with van der Waals surface area (Å²) in [4.78, 5) is 19.8. The lowest BCUT2D eigenvalue weighted by molar-refractivity contribution is 0.279. The molecule has 4 aliphatic rings. The molecule has 11 aromatic rings. The van der Waals surface area contributed by atoms with Gasteiger partial charge in [-0.3, -0.25) is 0 Å². The Kier molecular flexibility index (Phi) is 19.8. The van der Waals surface area contributed by atoms with Gasteiger partial charge in [0, 0.05) is 89.3 Å². The van der Waals surface area contributed by atoms with Crippen molar-refractivity contribution in [3.8, 4) is 34.5 Å². The molecule has 96 heavy (non-hydrogen) atoms. The molecule has 0 radical (unpaired) electrons. The maximum Gasteiger partial charge on any atom is 0.123 e. The van der Waals surface area contributed by atoms with Gasteiger partial charge >= 0.3 is 0 Å². The van der Waals surface area contributed by atoms with E-state index in [-0.39, 0.29) is 13.2 Å². The highest BCUT2D eigenvalue weighted by molar-refractivity contribution is 8.00. The molecule has 0 aromatic heterocycles. The number of ether oxygens (including phenoxy) is 6. The van der Waals surface area contributed by atoms with Crippen LogP contribution in [-0.2, 0) is 19.0 Å². The van der Waals surface area contributed by atoms with E-state index < -0.39 is 0 Å². The van der Waals surface area contributed by atoms with Gasteiger partial charge in [0.15, 0.2) is 0 Å². The molecular weight excluding hydrogens is 1290 g/mol. The monoisotopic (exact) mass is 1360 g/mol. The third-order valence-corrected chi connectivity index (χ3v) is 22.0. The third kappa shape index (κ3) is 14.6. The molecule has 0 amide bonds. The smallest absolute Gasteiger partial charge is 0.123 e. The van der Waals surface area contributed by atoms with E-state index in [0.717, 1.165) is 91.6 Å². The number of thiol groups is 1. The van der Waals surface area contributed by atoms with Crippen LogP contribution in [0, 0.1) is 0 Å². The molecule has 4 heterocycles. The van der Waals surface area contributed by atoms with E-state index in [1.165, 1.54) is 84.7 Å². The first-order valence-electron chi connectivity index (χ1n) is 32.8. The topological polar surface area (TPSA) is 68.3 Å². The van der Waals surface area contributed by atoms with Crippen LogP contribution < -0.4 is 48.0 Å². The maximum atomic E-state index is 6.70. The molecule has 0 saturated heterocycles. The zero-order valence-electron chi connectivity index (χ0n) is 53.1. The van der Waals surface area contributed by atoms with E-state index in [1.807, 2.05) is 77.4 Å². The highest BCUT2D eigenvalue weighted by atomic mass is 32.2. The number of nitrogens with zero attached hydrogens (tertiary/aromatic N) is 4. The Morgan fingerprint density at radius 2 is 0.438 bits per heavy atom. The second-order valence-electron chi connectivity index (χ2n) is 23.7. The quantitative estimate of drug-likeness (QED) is 0.0392. The molecule has 11 aromatic carbocycles. The summed E-state index contributed by atoms with van der Waals surface area (Å²) >= 11 is 12.1. The van der Waals surface area contributed by atoms with Crippen LogP contribution in [0.3, 0.4) is 0 Å². The summed E-state index contributed by atoms with van der Waals surface area (Å²) in [5, 5.41) is 0. The third-order valence-electron chi connectivity index (χ3n) is 17.1. The molecule has 0 spiro atoms. The highest BCUT2D eigenvalue weighted by Gasteiger charge is 2.27. The first kappa shape index (κ1) is 63.2. The van der Waals surface area contributed by atoms with Gasteiger partial charge in [0.1, 0.15) is 47.7 Å². The van der Waals surface area contributed by atoms with Crippen molar-refractivity contribution < 1.29 is 28.4 Å². The fourth-order valence-electron chi connectivity index (χ4n) is 12.7. The van der Waals surface area contributed by atoms with Gasteiger partial charge in [-0.25, -0.2) is 0 Å². The summed E-state index contributed by atoms with van der Waals surface area (Å²) in [5.41, 5.74) is 12.6. The average Bonchev–Trinajstić information content (AvgIpc) is 0.827. The van der Waals surface area contributed by atoms with Gasteiger partial charge in [-0.15, -0.1) is 0 Å². The van der Waals surface area contributed by atoms with Crippen molar-refractivity contribution in [2.24, 2.45) is 0 Å². The average molecular weight is 1360 g/mol. The van der Waals surface area contributed by atoms with Gasteiger partial charge in [0.25, 0.3) is 0 Å². The molecule has 0 aliphatic carbocycles. The van der Waals surface area contributed by atoms with Gasteiger partial charge in [0.05, 0.1) is 71.9 Å². The van der Waals surface area contributed by atoms with E-state index >= 15 is 0 Å². The largest absolute Gasteiger partial charge is 0.493 e. The summed E-state index contributed by atoms with van der Waals surface area (Å²) < 4.78 is 40.0. The van der Waals surface area contributed by atoms with Crippen molar-refractivity contribution in [3.63, 3.8) is 0 Å². The number of anilines is 8. The van der Waals surface area contributed by atoms with Crippen molar-refractivity contribution in [1.29, 1.82) is 0 Å². The molecule has 0 atom stereocenters. The van der Waals surface area contributed by atoms with Crippen LogP contribution in [0.5, 0.6) is 34.5 Å². The van der Waals surface area contributed by atoms with E-state index in [4.69, 9.17) is 41.0 Å². The maximum absolute atomic E-state index is 6.70. The lowest BCUT2D eigenvalue weighted by Gasteiger charge is -2.32. The van der Waals surface area contributed by atoms with Crippen molar-refractivity contribution in [3.05, 3.63) is 265 Å². The van der Waals surface area contributed by atoms with E-state index in [2.05, 4.69) is 238 Å². The first-order chi connectivity index (χ1) is 47.5. The lowest BCUT2D eigenvalue weighted by atomic mass is 10.2. The Bertz CT molecular complexity index is 3850. The van der Waals surface area contributed by atoms with E-state index in [0.29, 0.717) is 43.7 Å². The minimum absolute atomic E-state index is 0.270. The molecule has 0 bridgehead atoms. The molecule has 15 rings (SSSR count). The van der Waals surface area contributed by atoms with E-state index in [9.17, 15) is 0 Å². The summed E-state index contributed by atoms with van der Waals surface area (Å²) in [6.45, 7) is 5.82. The molecule has 0 fully saturated rings. The van der Waals surface area contributed by atoms with Gasteiger partial charge < -0.3 is 48.0 Å². The molecule has 0 saturated carbocycles. The van der Waals surface area contributed by atoms with Crippen LogP contribution in [0.25, 0.3) is 0 Å². The molecule has 15 heteroatoms. The number of para-hydroxylation sites is 8. The summed E-state index contributed by atoms with van der Waals surface area (Å²) in [6.07, 6.45) is 3.22. The fourth-order valence-corrected chi connectivity index (χ4v) is 17.3. The Morgan fingerprint density at radius 1 is 0.240 bits per heavy atom. The standard InChI is InChI=1S/C81H72N4O6S5/c92-56-59-49-64(90-54-57-45-60(86-41-17-37-82-66-21-1-9-29-74(66)93-75-30-10-2-22-67(75)82)51-61(46-57)87-42-18-38-83-68-23-3-11-31-76(68)94-77-32-12-4-24-69(77)83)53-65(50-59)91-55-58-47-62(88-43-19-39-84-70-25-5-13-33-78(70)95-79-34-14-6-26-71(79)84)52-63(48-58)89-44-20-40-85-72-27-7-15-35-80(72)96-81-36-16-8-28-73(81)85/h1-16,21-36,45-53,92H,17-20,37-44,54-56H2. The minimum atomic E-state index is 0.270. The Morgan fingerprint density at radius 3 is 0.656 bits per heavy atom.